The molecule has 0 amide bonds. The summed E-state index contributed by atoms with van der Waals surface area (Å²) in [5.74, 6) is 0.830. The first-order valence-electron chi connectivity index (χ1n) is 12.7. The van der Waals surface area contributed by atoms with Gasteiger partial charge in [-0.2, -0.15) is 0 Å². The van der Waals surface area contributed by atoms with E-state index in [0.29, 0.717) is 53.2 Å². The zero-order valence-corrected chi connectivity index (χ0v) is 23.9. The zero-order chi connectivity index (χ0) is 28.6. The molecule has 0 heterocycles. The molecule has 4 aromatic rings. The van der Waals surface area contributed by atoms with Crippen LogP contribution in [0.3, 0.4) is 0 Å². The average Bonchev–Trinajstić information content (AvgIpc) is 2.92. The van der Waals surface area contributed by atoms with Crippen LogP contribution in [0.4, 0.5) is 8.78 Å². The summed E-state index contributed by atoms with van der Waals surface area (Å²) in [6.07, 6.45) is 1.25. The van der Waals surface area contributed by atoms with Crippen LogP contribution in [0.5, 0.6) is 28.7 Å². The summed E-state index contributed by atoms with van der Waals surface area (Å²) in [5, 5.41) is 0.605. The number of methoxy groups -OCH3 is 1. The lowest BCUT2D eigenvalue weighted by molar-refractivity contribution is 0.403. The van der Waals surface area contributed by atoms with E-state index in [9.17, 15) is 8.78 Å². The molecule has 0 saturated heterocycles. The summed E-state index contributed by atoms with van der Waals surface area (Å²) < 4.78 is 45.8. The van der Waals surface area contributed by atoms with Crippen LogP contribution in [-0.2, 0) is 12.8 Å². The topological polar surface area (TPSA) is 51.8 Å². The molecule has 0 aromatic heterocycles. The molecule has 210 valence electrons. The largest absolute Gasteiger partial charge is 0.497 e. The van der Waals surface area contributed by atoms with Crippen molar-refractivity contribution in [2.75, 3.05) is 20.2 Å². The Balaban J connectivity index is 1.34. The first-order valence-corrected chi connectivity index (χ1v) is 13.5. The van der Waals surface area contributed by atoms with Gasteiger partial charge in [0.05, 0.1) is 7.11 Å². The molecule has 0 aliphatic rings. The van der Waals surface area contributed by atoms with Gasteiger partial charge in [-0.05, 0) is 97.5 Å². The Kier molecular flexibility index (Phi) is 10.2. The second-order valence-electron chi connectivity index (χ2n) is 9.23. The fourth-order valence-electron chi connectivity index (χ4n) is 4.03. The monoisotopic (exact) mass is 586 g/mol. The van der Waals surface area contributed by atoms with Crippen LogP contribution >= 0.6 is 23.2 Å². The molecule has 0 fully saturated rings. The third-order valence-corrected chi connectivity index (χ3v) is 6.81. The Morgan fingerprint density at radius 2 is 1.15 bits per heavy atom. The van der Waals surface area contributed by atoms with Crippen molar-refractivity contribution in [2.24, 2.45) is 0 Å². The summed E-state index contributed by atoms with van der Waals surface area (Å²) >= 11 is 11.7. The third-order valence-electron chi connectivity index (χ3n) is 6.34. The van der Waals surface area contributed by atoms with Gasteiger partial charge in [0.15, 0.2) is 23.1 Å². The maximum absolute atomic E-state index is 14.3. The number of ether oxygens (including phenoxy) is 3. The van der Waals surface area contributed by atoms with Crippen LogP contribution < -0.4 is 25.1 Å². The minimum absolute atomic E-state index is 0.0786. The molecule has 0 unspecified atom stereocenters. The number of hydrazine groups is 1. The van der Waals surface area contributed by atoms with Gasteiger partial charge in [-0.1, -0.05) is 35.3 Å². The van der Waals surface area contributed by atoms with Gasteiger partial charge in [0.2, 0.25) is 0 Å². The maximum atomic E-state index is 14.3. The van der Waals surface area contributed by atoms with E-state index in [-0.39, 0.29) is 11.5 Å². The van der Waals surface area contributed by atoms with Crippen molar-refractivity contribution < 1.29 is 23.0 Å². The van der Waals surface area contributed by atoms with Crippen LogP contribution in [-0.4, -0.2) is 20.2 Å². The molecule has 0 saturated carbocycles. The number of rotatable bonds is 12. The maximum Gasteiger partial charge on any atom is 0.167 e. The number of benzene rings is 4. The number of nitrogens with one attached hydrogen (secondary N) is 2. The van der Waals surface area contributed by atoms with Crippen molar-refractivity contribution in [2.45, 2.75) is 26.7 Å². The van der Waals surface area contributed by atoms with Gasteiger partial charge in [-0.3, -0.25) is 10.9 Å². The number of aryl methyl sites for hydroxylation is 2. The Bertz CT molecular complexity index is 1480. The van der Waals surface area contributed by atoms with E-state index >= 15 is 0 Å². The molecule has 4 aromatic carbocycles. The van der Waals surface area contributed by atoms with E-state index in [1.807, 2.05) is 32.0 Å². The van der Waals surface area contributed by atoms with Crippen molar-refractivity contribution in [1.82, 2.24) is 10.9 Å². The fourth-order valence-corrected chi connectivity index (χ4v) is 4.34. The first-order chi connectivity index (χ1) is 19.2. The molecule has 2 N–H and O–H groups in total. The van der Waals surface area contributed by atoms with Gasteiger partial charge in [0.1, 0.15) is 17.2 Å². The van der Waals surface area contributed by atoms with Crippen LogP contribution in [0.2, 0.25) is 10.0 Å². The standard InChI is InChI=1S/C31H30Cl2F2N2O3/c1-19-14-22(30(15-20(19)2)39-28-8-5-23(32)16-26(28)34)11-13-37-36-12-10-21-4-7-25(38-3)18-31(21)40-29-9-6-24(33)17-27(29)35/h4-9,14-18,36-37H,10-13H2,1-3H3. The van der Waals surface area contributed by atoms with Gasteiger partial charge in [-0.25, -0.2) is 8.78 Å². The summed E-state index contributed by atoms with van der Waals surface area (Å²) in [6.45, 7) is 5.20. The van der Waals surface area contributed by atoms with Crippen LogP contribution in [0.25, 0.3) is 0 Å². The quantitative estimate of drug-likeness (QED) is 0.129. The van der Waals surface area contributed by atoms with Gasteiger partial charge in [0.25, 0.3) is 0 Å². The second-order valence-corrected chi connectivity index (χ2v) is 10.1. The Morgan fingerprint density at radius 3 is 1.70 bits per heavy atom. The number of hydrogen-bond acceptors (Lipinski definition) is 5. The molecule has 9 heteroatoms. The van der Waals surface area contributed by atoms with Crippen LogP contribution in [0.1, 0.15) is 22.3 Å². The predicted molar refractivity (Wildman–Crippen MR) is 155 cm³/mol. The van der Waals surface area contributed by atoms with Crippen LogP contribution in [0, 0.1) is 25.5 Å². The highest BCUT2D eigenvalue weighted by molar-refractivity contribution is 6.30. The van der Waals surface area contributed by atoms with Gasteiger partial charge >= 0.3 is 0 Å². The average molecular weight is 587 g/mol. The van der Waals surface area contributed by atoms with Gasteiger partial charge in [0, 0.05) is 29.2 Å². The molecule has 0 bridgehead atoms. The molecule has 5 nitrogen and oxygen atoms in total. The van der Waals surface area contributed by atoms with E-state index in [4.69, 9.17) is 37.4 Å². The molecule has 0 atom stereocenters. The number of halogens is 4. The normalized spacial score (nSPS) is 11.0. The zero-order valence-electron chi connectivity index (χ0n) is 22.4. The lowest BCUT2D eigenvalue weighted by Gasteiger charge is -2.16. The smallest absolute Gasteiger partial charge is 0.167 e. The molecular formula is C31H30Cl2F2N2O3. The van der Waals surface area contributed by atoms with Gasteiger partial charge in [-0.15, -0.1) is 0 Å². The fraction of sp³-hybridized carbons (Fsp3) is 0.226. The molecule has 0 aliphatic carbocycles. The van der Waals surface area contributed by atoms with Crippen molar-refractivity contribution in [3.63, 3.8) is 0 Å². The molecule has 40 heavy (non-hydrogen) atoms. The third kappa shape index (κ3) is 7.86. The summed E-state index contributed by atoms with van der Waals surface area (Å²) in [6, 6.07) is 18.0. The SMILES string of the molecule is COc1ccc(CCNNCCc2cc(C)c(C)cc2Oc2ccc(Cl)cc2F)c(Oc2ccc(Cl)cc2F)c1. The van der Waals surface area contributed by atoms with E-state index in [2.05, 4.69) is 16.9 Å². The van der Waals surface area contributed by atoms with E-state index in [0.717, 1.165) is 22.3 Å². The van der Waals surface area contributed by atoms with Crippen molar-refractivity contribution >= 4 is 23.2 Å². The molecule has 4 rings (SSSR count). The Labute approximate surface area is 243 Å². The van der Waals surface area contributed by atoms with Crippen molar-refractivity contribution in [3.05, 3.63) is 111 Å². The summed E-state index contributed by atoms with van der Waals surface area (Å²) in [4.78, 5) is 0. The molecule has 0 radical (unpaired) electrons. The minimum atomic E-state index is -0.547. The molecular weight excluding hydrogens is 557 g/mol. The Morgan fingerprint density at radius 1 is 0.625 bits per heavy atom. The highest BCUT2D eigenvalue weighted by atomic mass is 35.5. The molecule has 0 aliphatic heterocycles. The van der Waals surface area contributed by atoms with Crippen molar-refractivity contribution in [3.8, 4) is 28.7 Å². The minimum Gasteiger partial charge on any atom is -0.497 e. The summed E-state index contributed by atoms with van der Waals surface area (Å²) in [5.41, 5.74) is 10.4. The highest BCUT2D eigenvalue weighted by Crippen LogP contribution is 2.33. The lowest BCUT2D eigenvalue weighted by atomic mass is 10.0. The second kappa shape index (κ2) is 13.8. The predicted octanol–water partition coefficient (Wildman–Crippen LogP) is 8.36. The van der Waals surface area contributed by atoms with Crippen molar-refractivity contribution in [1.29, 1.82) is 0 Å². The van der Waals surface area contributed by atoms with Gasteiger partial charge < -0.3 is 14.2 Å². The van der Waals surface area contributed by atoms with E-state index in [1.165, 1.54) is 24.3 Å². The van der Waals surface area contributed by atoms with Crippen LogP contribution in [0.15, 0.2) is 66.7 Å². The molecule has 0 spiro atoms. The summed E-state index contributed by atoms with van der Waals surface area (Å²) in [7, 11) is 1.56. The first kappa shape index (κ1) is 29.6. The lowest BCUT2D eigenvalue weighted by Crippen LogP contribution is -2.35. The number of hydrogen-bond donors (Lipinski definition) is 2. The highest BCUT2D eigenvalue weighted by Gasteiger charge is 2.13. The Hall–Kier alpha value is -3.36. The van der Waals surface area contributed by atoms with E-state index in [1.54, 1.807) is 25.3 Å². The van der Waals surface area contributed by atoms with E-state index < -0.39 is 11.6 Å².